The summed E-state index contributed by atoms with van der Waals surface area (Å²) in [6.45, 7) is 2.69. The Morgan fingerprint density at radius 1 is 1.50 bits per heavy atom. The molecule has 0 amide bonds. The molecule has 0 aliphatic carbocycles. The standard InChI is InChI=1S/C12H14ClN3/c1-9-3-2-4-10(5-9)12(14)8-16-7-11(13)6-15-16/h2-7,12H,8,14H2,1H3. The van der Waals surface area contributed by atoms with Crippen LogP contribution >= 0.6 is 11.6 Å². The molecule has 0 radical (unpaired) electrons. The second kappa shape index (κ2) is 4.68. The molecule has 0 saturated carbocycles. The summed E-state index contributed by atoms with van der Waals surface area (Å²) in [7, 11) is 0. The van der Waals surface area contributed by atoms with Gasteiger partial charge in [-0.2, -0.15) is 5.10 Å². The summed E-state index contributed by atoms with van der Waals surface area (Å²) in [5.41, 5.74) is 8.43. The number of halogens is 1. The molecular weight excluding hydrogens is 222 g/mol. The van der Waals surface area contributed by atoms with Gasteiger partial charge in [-0.15, -0.1) is 0 Å². The molecule has 0 aliphatic rings. The van der Waals surface area contributed by atoms with Crippen LogP contribution in [0.25, 0.3) is 0 Å². The summed E-state index contributed by atoms with van der Waals surface area (Å²) in [6.07, 6.45) is 3.39. The van der Waals surface area contributed by atoms with E-state index in [0.29, 0.717) is 11.6 Å². The fourth-order valence-corrected chi connectivity index (χ4v) is 1.80. The fraction of sp³-hybridized carbons (Fsp3) is 0.250. The Bertz CT molecular complexity index is 479. The molecular formula is C12H14ClN3. The number of aromatic nitrogens is 2. The van der Waals surface area contributed by atoms with Crippen LogP contribution in [0.4, 0.5) is 0 Å². The van der Waals surface area contributed by atoms with E-state index in [2.05, 4.69) is 24.2 Å². The number of benzene rings is 1. The highest BCUT2D eigenvalue weighted by Crippen LogP contribution is 2.14. The summed E-state index contributed by atoms with van der Waals surface area (Å²) in [4.78, 5) is 0. The first-order chi connectivity index (χ1) is 7.65. The summed E-state index contributed by atoms with van der Waals surface area (Å²) < 4.78 is 1.76. The topological polar surface area (TPSA) is 43.8 Å². The van der Waals surface area contributed by atoms with Gasteiger partial charge in [0, 0.05) is 12.2 Å². The third-order valence-corrected chi connectivity index (χ3v) is 2.65. The van der Waals surface area contributed by atoms with Crippen molar-refractivity contribution in [1.29, 1.82) is 0 Å². The Morgan fingerprint density at radius 3 is 2.94 bits per heavy atom. The van der Waals surface area contributed by atoms with Crippen LogP contribution in [-0.4, -0.2) is 9.78 Å². The third kappa shape index (κ3) is 2.62. The molecule has 0 aliphatic heterocycles. The number of nitrogens with two attached hydrogens (primary N) is 1. The quantitative estimate of drug-likeness (QED) is 0.889. The number of hydrogen-bond donors (Lipinski definition) is 1. The van der Waals surface area contributed by atoms with Crippen LogP contribution in [0.15, 0.2) is 36.7 Å². The SMILES string of the molecule is Cc1cccc(C(N)Cn2cc(Cl)cn2)c1. The molecule has 16 heavy (non-hydrogen) atoms. The van der Waals surface area contributed by atoms with E-state index in [0.717, 1.165) is 5.56 Å². The maximum Gasteiger partial charge on any atom is 0.0785 e. The first-order valence-corrected chi connectivity index (χ1v) is 5.53. The highest BCUT2D eigenvalue weighted by atomic mass is 35.5. The number of hydrogen-bond acceptors (Lipinski definition) is 2. The molecule has 1 aromatic carbocycles. The van der Waals surface area contributed by atoms with E-state index in [9.17, 15) is 0 Å². The van der Waals surface area contributed by atoms with Crippen LogP contribution < -0.4 is 5.73 Å². The zero-order chi connectivity index (χ0) is 11.5. The largest absolute Gasteiger partial charge is 0.322 e. The van der Waals surface area contributed by atoms with Gasteiger partial charge in [-0.1, -0.05) is 41.4 Å². The van der Waals surface area contributed by atoms with Gasteiger partial charge in [0.1, 0.15) is 0 Å². The van der Waals surface area contributed by atoms with E-state index in [1.165, 1.54) is 5.56 Å². The molecule has 1 heterocycles. The summed E-state index contributed by atoms with van der Waals surface area (Å²) in [5, 5.41) is 4.74. The second-order valence-electron chi connectivity index (χ2n) is 3.90. The minimum atomic E-state index is -0.0594. The van der Waals surface area contributed by atoms with Gasteiger partial charge in [0.15, 0.2) is 0 Å². The Kier molecular flexibility index (Phi) is 3.27. The molecule has 2 aromatic rings. The van der Waals surface area contributed by atoms with Gasteiger partial charge >= 0.3 is 0 Å². The van der Waals surface area contributed by atoms with Crippen molar-refractivity contribution < 1.29 is 0 Å². The smallest absolute Gasteiger partial charge is 0.0785 e. The van der Waals surface area contributed by atoms with Crippen molar-refractivity contribution in [3.05, 3.63) is 52.8 Å². The lowest BCUT2D eigenvalue weighted by molar-refractivity contribution is 0.527. The van der Waals surface area contributed by atoms with Crippen molar-refractivity contribution in [3.63, 3.8) is 0 Å². The Labute approximate surface area is 99.8 Å². The molecule has 1 unspecified atom stereocenters. The monoisotopic (exact) mass is 235 g/mol. The van der Waals surface area contributed by atoms with E-state index in [4.69, 9.17) is 17.3 Å². The first kappa shape index (κ1) is 11.2. The first-order valence-electron chi connectivity index (χ1n) is 5.15. The average molecular weight is 236 g/mol. The predicted octanol–water partition coefficient (Wildman–Crippen LogP) is 2.54. The van der Waals surface area contributed by atoms with Crippen molar-refractivity contribution in [2.45, 2.75) is 19.5 Å². The zero-order valence-electron chi connectivity index (χ0n) is 9.10. The van der Waals surface area contributed by atoms with E-state index in [-0.39, 0.29) is 6.04 Å². The van der Waals surface area contributed by atoms with Crippen LogP contribution in [-0.2, 0) is 6.54 Å². The van der Waals surface area contributed by atoms with Gasteiger partial charge in [0.2, 0.25) is 0 Å². The van der Waals surface area contributed by atoms with Gasteiger partial charge < -0.3 is 5.73 Å². The Balaban J connectivity index is 2.11. The lowest BCUT2D eigenvalue weighted by Crippen LogP contribution is -2.17. The van der Waals surface area contributed by atoms with Crippen molar-refractivity contribution in [2.24, 2.45) is 5.73 Å². The molecule has 4 heteroatoms. The molecule has 0 spiro atoms. The molecule has 84 valence electrons. The summed E-state index contributed by atoms with van der Waals surface area (Å²) in [6, 6.07) is 8.14. The maximum atomic E-state index is 6.10. The normalized spacial score (nSPS) is 12.7. The van der Waals surface area contributed by atoms with Gasteiger partial charge in [-0.25, -0.2) is 0 Å². The molecule has 1 atom stereocenters. The molecule has 0 bridgehead atoms. The van der Waals surface area contributed by atoms with Gasteiger partial charge in [-0.05, 0) is 12.5 Å². The van der Waals surface area contributed by atoms with Gasteiger partial charge in [0.05, 0.1) is 17.8 Å². The Hall–Kier alpha value is -1.32. The van der Waals surface area contributed by atoms with Crippen LogP contribution in [0.3, 0.4) is 0 Å². The van der Waals surface area contributed by atoms with Crippen LogP contribution in [0.5, 0.6) is 0 Å². The minimum absolute atomic E-state index is 0.0594. The third-order valence-electron chi connectivity index (χ3n) is 2.46. The number of aryl methyl sites for hydroxylation is 1. The maximum absolute atomic E-state index is 6.10. The molecule has 2 N–H and O–H groups in total. The predicted molar refractivity (Wildman–Crippen MR) is 65.3 cm³/mol. The van der Waals surface area contributed by atoms with Crippen LogP contribution in [0, 0.1) is 6.92 Å². The molecule has 3 nitrogen and oxygen atoms in total. The molecule has 2 rings (SSSR count). The fourth-order valence-electron chi connectivity index (χ4n) is 1.65. The second-order valence-corrected chi connectivity index (χ2v) is 4.34. The van der Waals surface area contributed by atoms with E-state index < -0.39 is 0 Å². The van der Waals surface area contributed by atoms with Crippen molar-refractivity contribution in [2.75, 3.05) is 0 Å². The van der Waals surface area contributed by atoms with Crippen molar-refractivity contribution in [1.82, 2.24) is 9.78 Å². The van der Waals surface area contributed by atoms with Gasteiger partial charge in [-0.3, -0.25) is 4.68 Å². The lowest BCUT2D eigenvalue weighted by Gasteiger charge is -2.12. The summed E-state index contributed by atoms with van der Waals surface area (Å²) >= 11 is 5.79. The van der Waals surface area contributed by atoms with E-state index >= 15 is 0 Å². The van der Waals surface area contributed by atoms with Crippen molar-refractivity contribution in [3.8, 4) is 0 Å². The zero-order valence-corrected chi connectivity index (χ0v) is 9.85. The lowest BCUT2D eigenvalue weighted by atomic mass is 10.1. The highest BCUT2D eigenvalue weighted by molar-refractivity contribution is 6.30. The van der Waals surface area contributed by atoms with Gasteiger partial charge in [0.25, 0.3) is 0 Å². The van der Waals surface area contributed by atoms with Crippen LogP contribution in [0.2, 0.25) is 5.02 Å². The molecule has 0 fully saturated rings. The van der Waals surface area contributed by atoms with E-state index in [1.807, 2.05) is 12.1 Å². The molecule has 0 saturated heterocycles. The summed E-state index contributed by atoms with van der Waals surface area (Å²) in [5.74, 6) is 0. The highest BCUT2D eigenvalue weighted by Gasteiger charge is 2.07. The van der Waals surface area contributed by atoms with Crippen molar-refractivity contribution >= 4 is 11.6 Å². The Morgan fingerprint density at radius 2 is 2.31 bits per heavy atom. The van der Waals surface area contributed by atoms with E-state index in [1.54, 1.807) is 17.1 Å². The minimum Gasteiger partial charge on any atom is -0.322 e. The molecule has 1 aromatic heterocycles. The number of nitrogens with zero attached hydrogens (tertiary/aromatic N) is 2. The van der Waals surface area contributed by atoms with Crippen LogP contribution in [0.1, 0.15) is 17.2 Å². The average Bonchev–Trinajstić information content (AvgIpc) is 2.64. The number of rotatable bonds is 3.